The van der Waals surface area contributed by atoms with Gasteiger partial charge in [0, 0.05) is 0 Å². The van der Waals surface area contributed by atoms with Gasteiger partial charge in [0.2, 0.25) is 5.91 Å². The van der Waals surface area contributed by atoms with Crippen molar-refractivity contribution in [2.75, 3.05) is 5.32 Å². The van der Waals surface area contributed by atoms with E-state index < -0.39 is 23.8 Å². The molecule has 1 amide bonds. The maximum absolute atomic E-state index is 12.7. The second-order valence-corrected chi connectivity index (χ2v) is 7.36. The summed E-state index contributed by atoms with van der Waals surface area (Å²) in [6, 6.07) is 1.60. The quantitative estimate of drug-likeness (QED) is 0.630. The summed E-state index contributed by atoms with van der Waals surface area (Å²) in [7, 11) is 0. The Morgan fingerprint density at radius 3 is 2.54 bits per heavy atom. The number of thiophene rings is 1. The highest BCUT2D eigenvalue weighted by Gasteiger charge is 2.51. The molecule has 0 saturated heterocycles. The van der Waals surface area contributed by atoms with E-state index in [2.05, 4.69) is 5.32 Å². The molecular weight excluding hydrogens is 330 g/mol. The molecule has 0 spiro atoms. The summed E-state index contributed by atoms with van der Waals surface area (Å²) in [6.45, 7) is 3.50. The lowest BCUT2D eigenvalue weighted by Crippen LogP contribution is -2.36. The molecule has 24 heavy (non-hydrogen) atoms. The zero-order valence-electron chi connectivity index (χ0n) is 13.4. The van der Waals surface area contributed by atoms with E-state index in [1.807, 2.05) is 12.2 Å². The molecule has 128 valence electrons. The molecule has 2 aliphatic carbocycles. The lowest BCUT2D eigenvalue weighted by atomic mass is 9.82. The molecule has 0 radical (unpaired) electrons. The second kappa shape index (κ2) is 6.39. The van der Waals surface area contributed by atoms with E-state index in [0.717, 1.165) is 0 Å². The van der Waals surface area contributed by atoms with Crippen LogP contribution in [0.4, 0.5) is 5.00 Å². The highest BCUT2D eigenvalue weighted by atomic mass is 32.1. The van der Waals surface area contributed by atoms with Crippen LogP contribution < -0.4 is 5.32 Å². The number of hydrogen-bond donors (Lipinski definition) is 2. The normalized spacial score (nSPS) is 27.5. The molecule has 0 unspecified atom stereocenters. The van der Waals surface area contributed by atoms with E-state index in [1.165, 1.54) is 11.3 Å². The Labute approximate surface area is 143 Å². The SMILES string of the molecule is CC(C)OC(=O)c1ccsc1NC(=O)[C@H]1[C@H](C(=O)O)[C@H]2C=C[C@H]1C2. The molecule has 1 aromatic heterocycles. The van der Waals surface area contributed by atoms with Crippen molar-refractivity contribution in [3.63, 3.8) is 0 Å². The Balaban J connectivity index is 1.76. The lowest BCUT2D eigenvalue weighted by molar-refractivity contribution is -0.146. The third kappa shape index (κ3) is 2.96. The highest BCUT2D eigenvalue weighted by Crippen LogP contribution is 2.48. The fourth-order valence-corrected chi connectivity index (χ4v) is 4.33. The van der Waals surface area contributed by atoms with Crippen LogP contribution in [-0.4, -0.2) is 29.1 Å². The molecule has 2 aliphatic rings. The van der Waals surface area contributed by atoms with Crippen molar-refractivity contribution in [2.24, 2.45) is 23.7 Å². The molecule has 7 heteroatoms. The van der Waals surface area contributed by atoms with Crippen molar-refractivity contribution >= 4 is 34.2 Å². The first-order chi connectivity index (χ1) is 11.4. The Morgan fingerprint density at radius 2 is 1.92 bits per heavy atom. The van der Waals surface area contributed by atoms with Gasteiger partial charge in [-0.3, -0.25) is 9.59 Å². The van der Waals surface area contributed by atoms with Crippen molar-refractivity contribution < 1.29 is 24.2 Å². The Kier molecular flexibility index (Phi) is 4.45. The average Bonchev–Trinajstić information content (AvgIpc) is 3.20. The van der Waals surface area contributed by atoms with E-state index >= 15 is 0 Å². The van der Waals surface area contributed by atoms with Crippen LogP contribution in [-0.2, 0) is 14.3 Å². The minimum absolute atomic E-state index is 0.0536. The smallest absolute Gasteiger partial charge is 0.341 e. The Morgan fingerprint density at radius 1 is 1.25 bits per heavy atom. The zero-order valence-corrected chi connectivity index (χ0v) is 14.2. The van der Waals surface area contributed by atoms with E-state index in [-0.39, 0.29) is 23.8 Å². The first-order valence-corrected chi connectivity index (χ1v) is 8.77. The molecule has 4 atom stereocenters. The minimum Gasteiger partial charge on any atom is -0.481 e. The molecule has 1 saturated carbocycles. The molecule has 6 nitrogen and oxygen atoms in total. The fraction of sp³-hybridized carbons (Fsp3) is 0.471. The van der Waals surface area contributed by atoms with Crippen molar-refractivity contribution in [2.45, 2.75) is 26.4 Å². The van der Waals surface area contributed by atoms with Crippen molar-refractivity contribution in [3.05, 3.63) is 29.2 Å². The molecule has 0 aliphatic heterocycles. The summed E-state index contributed by atoms with van der Waals surface area (Å²) in [6.07, 6.45) is 4.26. The van der Waals surface area contributed by atoms with Gasteiger partial charge in [0.15, 0.2) is 0 Å². The van der Waals surface area contributed by atoms with Gasteiger partial charge < -0.3 is 15.2 Å². The number of amides is 1. The number of fused-ring (bicyclic) bond motifs is 2. The third-order valence-corrected chi connectivity index (χ3v) is 5.34. The maximum atomic E-state index is 12.7. The van der Waals surface area contributed by atoms with E-state index in [9.17, 15) is 19.5 Å². The van der Waals surface area contributed by atoms with Crippen molar-refractivity contribution in [1.29, 1.82) is 0 Å². The lowest BCUT2D eigenvalue weighted by Gasteiger charge is -2.23. The molecule has 2 N–H and O–H groups in total. The van der Waals surface area contributed by atoms with Crippen LogP contribution in [0.25, 0.3) is 0 Å². The molecule has 1 heterocycles. The number of carbonyl (C=O) groups excluding carboxylic acids is 2. The number of carboxylic acids is 1. The fourth-order valence-electron chi connectivity index (χ4n) is 3.56. The van der Waals surface area contributed by atoms with Gasteiger partial charge in [-0.05, 0) is 43.6 Å². The summed E-state index contributed by atoms with van der Waals surface area (Å²) >= 11 is 1.22. The number of anilines is 1. The maximum Gasteiger partial charge on any atom is 0.341 e. The third-order valence-electron chi connectivity index (χ3n) is 4.51. The van der Waals surface area contributed by atoms with Gasteiger partial charge >= 0.3 is 11.9 Å². The summed E-state index contributed by atoms with van der Waals surface area (Å²) in [5, 5.41) is 14.3. The van der Waals surface area contributed by atoms with E-state index in [0.29, 0.717) is 17.0 Å². The molecule has 2 bridgehead atoms. The molecule has 1 fully saturated rings. The average molecular weight is 349 g/mol. The van der Waals surface area contributed by atoms with Gasteiger partial charge in [0.05, 0.1) is 23.5 Å². The van der Waals surface area contributed by atoms with Gasteiger partial charge in [-0.1, -0.05) is 12.2 Å². The second-order valence-electron chi connectivity index (χ2n) is 6.44. The molecule has 1 aromatic rings. The van der Waals surface area contributed by atoms with Crippen LogP contribution >= 0.6 is 11.3 Å². The number of nitrogens with one attached hydrogen (secondary N) is 1. The van der Waals surface area contributed by atoms with E-state index in [1.54, 1.807) is 25.3 Å². The molecular formula is C17H19NO5S. The standard InChI is InChI=1S/C17H19NO5S/c1-8(2)23-17(22)11-5-6-24-15(11)18-14(19)12-9-3-4-10(7-9)13(12)16(20)21/h3-6,8-10,12-13H,7H2,1-2H3,(H,18,19)(H,20,21)/t9-,10-,12+,13+/m0/s1. The van der Waals surface area contributed by atoms with Gasteiger partial charge in [-0.15, -0.1) is 11.3 Å². The summed E-state index contributed by atoms with van der Waals surface area (Å²) in [5.74, 6) is -3.24. The first-order valence-electron chi connectivity index (χ1n) is 7.89. The number of rotatable bonds is 5. The van der Waals surface area contributed by atoms with Crippen molar-refractivity contribution in [1.82, 2.24) is 0 Å². The minimum atomic E-state index is -0.947. The van der Waals surface area contributed by atoms with Crippen LogP contribution in [0.2, 0.25) is 0 Å². The first kappa shape index (κ1) is 16.7. The number of ether oxygens (including phenoxy) is 1. The molecule has 3 rings (SSSR count). The summed E-state index contributed by atoms with van der Waals surface area (Å²) in [4.78, 5) is 36.2. The van der Waals surface area contributed by atoms with Gasteiger partial charge in [0.25, 0.3) is 0 Å². The van der Waals surface area contributed by atoms with Gasteiger partial charge in [0.1, 0.15) is 5.00 Å². The number of carboxylic acid groups (broad SMARTS) is 1. The monoisotopic (exact) mass is 349 g/mol. The molecule has 0 aromatic carbocycles. The topological polar surface area (TPSA) is 92.7 Å². The Bertz CT molecular complexity index is 708. The predicted molar refractivity (Wildman–Crippen MR) is 88.9 cm³/mol. The number of carbonyl (C=O) groups is 3. The number of hydrogen-bond acceptors (Lipinski definition) is 5. The highest BCUT2D eigenvalue weighted by molar-refractivity contribution is 7.14. The van der Waals surface area contributed by atoms with Crippen molar-refractivity contribution in [3.8, 4) is 0 Å². The zero-order chi connectivity index (χ0) is 17.4. The van der Waals surface area contributed by atoms with E-state index in [4.69, 9.17) is 4.74 Å². The largest absolute Gasteiger partial charge is 0.481 e. The van der Waals surface area contributed by atoms with Crippen LogP contribution in [0.3, 0.4) is 0 Å². The number of aliphatic carboxylic acids is 1. The van der Waals surface area contributed by atoms with Gasteiger partial charge in [-0.25, -0.2) is 4.79 Å². The van der Waals surface area contributed by atoms with Crippen LogP contribution in [0.5, 0.6) is 0 Å². The number of allylic oxidation sites excluding steroid dienone is 2. The van der Waals surface area contributed by atoms with Crippen LogP contribution in [0.1, 0.15) is 30.6 Å². The predicted octanol–water partition coefficient (Wildman–Crippen LogP) is 2.77. The van der Waals surface area contributed by atoms with Crippen LogP contribution in [0, 0.1) is 23.7 Å². The van der Waals surface area contributed by atoms with Crippen LogP contribution in [0.15, 0.2) is 23.6 Å². The van der Waals surface area contributed by atoms with Gasteiger partial charge in [-0.2, -0.15) is 0 Å². The summed E-state index contributed by atoms with van der Waals surface area (Å²) < 4.78 is 5.16. The number of esters is 1. The Hall–Kier alpha value is -2.15. The summed E-state index contributed by atoms with van der Waals surface area (Å²) in [5.41, 5.74) is 0.299.